The van der Waals surface area contributed by atoms with Crippen molar-refractivity contribution in [2.24, 2.45) is 0 Å². The molecule has 0 aromatic heterocycles. The van der Waals surface area contributed by atoms with Gasteiger partial charge in [0.1, 0.15) is 6.10 Å². The Hall–Kier alpha value is -0.420. The number of cyclic esters (lactones) is 1. The fourth-order valence-electron chi connectivity index (χ4n) is 2.81. The van der Waals surface area contributed by atoms with Gasteiger partial charge < -0.3 is 14.5 Å². The normalized spacial score (nSPS) is 17.1. The van der Waals surface area contributed by atoms with Crippen molar-refractivity contribution >= 4 is 13.8 Å². The van der Waals surface area contributed by atoms with Crippen molar-refractivity contribution in [1.82, 2.24) is 0 Å². The average Bonchev–Trinajstić information content (AvgIpc) is 2.94. The van der Waals surface area contributed by atoms with Crippen LogP contribution in [0.15, 0.2) is 0 Å². The standard InChI is InChI=1S/C16H30O2.C2H7O4P/c1-2-3-4-5-6-7-8-9-10-11-12-15-13-14-16(17)18-15;1-2-6-7(3,4)5/h15H,2-14H2,1H3;2H2,1H3,(H2,3,4,5). The van der Waals surface area contributed by atoms with Crippen molar-refractivity contribution in [3.05, 3.63) is 0 Å². The number of hydrogen-bond donors (Lipinski definition) is 2. The van der Waals surface area contributed by atoms with Crippen LogP contribution in [0, 0.1) is 0 Å². The molecule has 1 aliphatic rings. The summed E-state index contributed by atoms with van der Waals surface area (Å²) in [5.41, 5.74) is 0. The van der Waals surface area contributed by atoms with Gasteiger partial charge >= 0.3 is 13.8 Å². The van der Waals surface area contributed by atoms with Crippen LogP contribution in [0.2, 0.25) is 0 Å². The van der Waals surface area contributed by atoms with Crippen molar-refractivity contribution in [2.45, 2.75) is 103 Å². The summed E-state index contributed by atoms with van der Waals surface area (Å²) in [4.78, 5) is 26.7. The summed E-state index contributed by atoms with van der Waals surface area (Å²) in [6.45, 7) is 3.82. The van der Waals surface area contributed by atoms with Gasteiger partial charge in [0.2, 0.25) is 0 Å². The molecule has 0 amide bonds. The molecule has 1 unspecified atom stereocenters. The highest BCUT2D eigenvalue weighted by molar-refractivity contribution is 7.46. The number of rotatable bonds is 13. The molecule has 1 heterocycles. The molecule has 1 aliphatic heterocycles. The third-order valence-electron chi connectivity index (χ3n) is 4.15. The number of esters is 1. The molecule has 1 saturated heterocycles. The summed E-state index contributed by atoms with van der Waals surface area (Å²) in [6, 6.07) is 0. The van der Waals surface area contributed by atoms with Gasteiger partial charge in [-0.25, -0.2) is 4.57 Å². The van der Waals surface area contributed by atoms with Crippen LogP contribution in [0.25, 0.3) is 0 Å². The van der Waals surface area contributed by atoms with E-state index in [-0.39, 0.29) is 18.7 Å². The van der Waals surface area contributed by atoms with Crippen molar-refractivity contribution in [3.63, 3.8) is 0 Å². The zero-order valence-electron chi connectivity index (χ0n) is 16.0. The molecular formula is C18H37O6P. The van der Waals surface area contributed by atoms with Crippen LogP contribution in [0.4, 0.5) is 0 Å². The number of carbonyl (C=O) groups excluding carboxylic acids is 1. The largest absolute Gasteiger partial charge is 0.469 e. The molecule has 150 valence electrons. The minimum atomic E-state index is -4.17. The third kappa shape index (κ3) is 18.2. The molecule has 1 atom stereocenters. The fourth-order valence-corrected chi connectivity index (χ4v) is 3.15. The Balaban J connectivity index is 0.000000697. The maximum atomic E-state index is 10.9. The topological polar surface area (TPSA) is 93.1 Å². The predicted octanol–water partition coefficient (Wildman–Crippen LogP) is 5.12. The molecule has 25 heavy (non-hydrogen) atoms. The molecule has 2 N–H and O–H groups in total. The minimum Gasteiger partial charge on any atom is -0.462 e. The first kappa shape index (κ1) is 24.6. The molecule has 0 spiro atoms. The van der Waals surface area contributed by atoms with Gasteiger partial charge in [0.05, 0.1) is 6.61 Å². The van der Waals surface area contributed by atoms with E-state index in [4.69, 9.17) is 14.5 Å². The van der Waals surface area contributed by atoms with Gasteiger partial charge in [-0.1, -0.05) is 64.7 Å². The quantitative estimate of drug-likeness (QED) is 0.262. The summed E-state index contributed by atoms with van der Waals surface area (Å²) < 4.78 is 18.8. The molecule has 0 aromatic rings. The summed E-state index contributed by atoms with van der Waals surface area (Å²) >= 11 is 0. The van der Waals surface area contributed by atoms with Crippen molar-refractivity contribution in [3.8, 4) is 0 Å². The highest BCUT2D eigenvalue weighted by Gasteiger charge is 2.22. The van der Waals surface area contributed by atoms with Gasteiger partial charge in [0.25, 0.3) is 0 Å². The zero-order chi connectivity index (χ0) is 19.0. The number of carbonyl (C=O) groups is 1. The molecule has 0 radical (unpaired) electrons. The lowest BCUT2D eigenvalue weighted by molar-refractivity contribution is -0.141. The Morgan fingerprint density at radius 3 is 1.88 bits per heavy atom. The summed E-state index contributed by atoms with van der Waals surface area (Å²) in [7, 11) is -4.17. The van der Waals surface area contributed by atoms with Gasteiger partial charge in [0.15, 0.2) is 0 Å². The van der Waals surface area contributed by atoms with Crippen molar-refractivity contribution in [2.75, 3.05) is 6.61 Å². The van der Waals surface area contributed by atoms with Crippen molar-refractivity contribution < 1.29 is 28.4 Å². The Labute approximate surface area is 152 Å². The summed E-state index contributed by atoms with van der Waals surface area (Å²) in [5, 5.41) is 0. The highest BCUT2D eigenvalue weighted by atomic mass is 31.2. The number of unbranched alkanes of at least 4 members (excludes halogenated alkanes) is 9. The number of ether oxygens (including phenoxy) is 1. The molecule has 0 bridgehead atoms. The Morgan fingerprint density at radius 1 is 1.00 bits per heavy atom. The molecule has 1 fully saturated rings. The van der Waals surface area contributed by atoms with E-state index in [0.717, 1.165) is 12.8 Å². The Morgan fingerprint density at radius 2 is 1.52 bits per heavy atom. The lowest BCUT2D eigenvalue weighted by Gasteiger charge is -2.08. The van der Waals surface area contributed by atoms with E-state index in [1.807, 2.05) is 0 Å². The number of phosphoric acid groups is 1. The molecule has 0 saturated carbocycles. The van der Waals surface area contributed by atoms with Crippen LogP contribution < -0.4 is 0 Å². The predicted molar refractivity (Wildman–Crippen MR) is 99.2 cm³/mol. The molecule has 7 heteroatoms. The van der Waals surface area contributed by atoms with E-state index >= 15 is 0 Å². The van der Waals surface area contributed by atoms with Crippen LogP contribution in [0.1, 0.15) is 97.3 Å². The molecule has 0 aliphatic carbocycles. The first-order valence-corrected chi connectivity index (χ1v) is 11.3. The zero-order valence-corrected chi connectivity index (χ0v) is 16.8. The minimum absolute atomic E-state index is 0.00655. The second kappa shape index (κ2) is 15.8. The van der Waals surface area contributed by atoms with E-state index < -0.39 is 7.82 Å². The number of hydrogen-bond acceptors (Lipinski definition) is 4. The Kier molecular flexibility index (Phi) is 15.5. The number of phosphoric ester groups is 1. The fraction of sp³-hybridized carbons (Fsp3) is 0.944. The van der Waals surface area contributed by atoms with E-state index in [1.165, 1.54) is 71.1 Å². The van der Waals surface area contributed by atoms with E-state index in [9.17, 15) is 9.36 Å². The smallest absolute Gasteiger partial charge is 0.462 e. The highest BCUT2D eigenvalue weighted by Crippen LogP contribution is 2.34. The monoisotopic (exact) mass is 380 g/mol. The van der Waals surface area contributed by atoms with Crippen LogP contribution in [0.5, 0.6) is 0 Å². The van der Waals surface area contributed by atoms with Crippen LogP contribution in [-0.4, -0.2) is 28.5 Å². The second-order valence-corrected chi connectivity index (χ2v) is 7.77. The van der Waals surface area contributed by atoms with Crippen LogP contribution in [0.3, 0.4) is 0 Å². The average molecular weight is 380 g/mol. The maximum Gasteiger partial charge on any atom is 0.469 e. The molecule has 0 aromatic carbocycles. The third-order valence-corrected chi connectivity index (χ3v) is 4.74. The summed E-state index contributed by atoms with van der Waals surface area (Å²) in [6.07, 6.45) is 16.6. The second-order valence-electron chi connectivity index (χ2n) is 6.53. The van der Waals surface area contributed by atoms with Gasteiger partial charge in [-0.05, 0) is 26.2 Å². The first-order valence-electron chi connectivity index (χ1n) is 9.78. The van der Waals surface area contributed by atoms with Gasteiger partial charge in [-0.15, -0.1) is 0 Å². The van der Waals surface area contributed by atoms with Crippen molar-refractivity contribution in [1.29, 1.82) is 0 Å². The van der Waals surface area contributed by atoms with E-state index in [0.29, 0.717) is 6.42 Å². The van der Waals surface area contributed by atoms with Crippen LogP contribution >= 0.6 is 7.82 Å². The summed E-state index contributed by atoms with van der Waals surface area (Å²) in [5.74, 6) is 0.00655. The van der Waals surface area contributed by atoms with Crippen LogP contribution in [-0.2, 0) is 18.6 Å². The van der Waals surface area contributed by atoms with E-state index in [2.05, 4.69) is 11.4 Å². The first-order chi connectivity index (χ1) is 11.9. The lowest BCUT2D eigenvalue weighted by Crippen LogP contribution is -2.06. The molecule has 6 nitrogen and oxygen atoms in total. The lowest BCUT2D eigenvalue weighted by atomic mass is 10.0. The maximum absolute atomic E-state index is 10.9. The van der Waals surface area contributed by atoms with Gasteiger partial charge in [-0.2, -0.15) is 0 Å². The van der Waals surface area contributed by atoms with E-state index in [1.54, 1.807) is 0 Å². The molecule has 1 rings (SSSR count). The Bertz CT molecular complexity index is 369. The van der Waals surface area contributed by atoms with Gasteiger partial charge in [-0.3, -0.25) is 9.32 Å². The van der Waals surface area contributed by atoms with Gasteiger partial charge in [0, 0.05) is 6.42 Å². The SMILES string of the molecule is CCCCCCCCCCCCC1CCC(=O)O1.CCOP(=O)(O)O. The molecular weight excluding hydrogens is 343 g/mol.